The van der Waals surface area contributed by atoms with Gasteiger partial charge in [-0.2, -0.15) is 5.26 Å². The Morgan fingerprint density at radius 1 is 1.33 bits per heavy atom. The van der Waals surface area contributed by atoms with Gasteiger partial charge in [0.15, 0.2) is 0 Å². The molecule has 21 heavy (non-hydrogen) atoms. The van der Waals surface area contributed by atoms with Gasteiger partial charge in [0.2, 0.25) is 0 Å². The molecule has 1 heterocycles. The number of benzene rings is 1. The Kier molecular flexibility index (Phi) is 6.22. The van der Waals surface area contributed by atoms with E-state index in [0.29, 0.717) is 18.4 Å². The second kappa shape index (κ2) is 8.17. The Labute approximate surface area is 129 Å². The molecule has 1 aliphatic heterocycles. The van der Waals surface area contributed by atoms with Crippen molar-refractivity contribution < 1.29 is 0 Å². The SMILES string of the molecule is CC(C)NCC1CCCN(C(CC#N)c2ccccc2)C1. The number of hydrogen-bond acceptors (Lipinski definition) is 3. The molecule has 2 atom stereocenters. The van der Waals surface area contributed by atoms with Crippen molar-refractivity contribution in [2.24, 2.45) is 5.92 Å². The standard InChI is InChI=1S/C18H27N3/c1-15(2)20-13-16-7-6-12-21(14-16)18(10-11-19)17-8-4-3-5-9-17/h3-5,8-9,15-16,18,20H,6-7,10,12-14H2,1-2H3. The van der Waals surface area contributed by atoms with Crippen LogP contribution in [0.15, 0.2) is 30.3 Å². The van der Waals surface area contributed by atoms with Gasteiger partial charge in [0, 0.05) is 18.6 Å². The number of piperidine rings is 1. The second-order valence-electron chi connectivity index (χ2n) is 6.35. The molecule has 1 aromatic rings. The topological polar surface area (TPSA) is 39.1 Å². The monoisotopic (exact) mass is 285 g/mol. The third kappa shape index (κ3) is 4.84. The van der Waals surface area contributed by atoms with E-state index >= 15 is 0 Å². The first-order chi connectivity index (χ1) is 10.2. The molecule has 0 bridgehead atoms. The summed E-state index contributed by atoms with van der Waals surface area (Å²) in [6.07, 6.45) is 3.11. The highest BCUT2D eigenvalue weighted by molar-refractivity contribution is 5.20. The maximum atomic E-state index is 9.18. The number of nitrogens with one attached hydrogen (secondary N) is 1. The lowest BCUT2D eigenvalue weighted by atomic mass is 9.93. The van der Waals surface area contributed by atoms with Crippen molar-refractivity contribution in [3.05, 3.63) is 35.9 Å². The van der Waals surface area contributed by atoms with Crippen molar-refractivity contribution in [3.63, 3.8) is 0 Å². The first-order valence-corrected chi connectivity index (χ1v) is 8.10. The first-order valence-electron chi connectivity index (χ1n) is 8.10. The predicted molar refractivity (Wildman–Crippen MR) is 86.8 cm³/mol. The van der Waals surface area contributed by atoms with E-state index in [4.69, 9.17) is 0 Å². The van der Waals surface area contributed by atoms with E-state index in [1.165, 1.54) is 18.4 Å². The van der Waals surface area contributed by atoms with Crippen LogP contribution in [-0.2, 0) is 0 Å². The summed E-state index contributed by atoms with van der Waals surface area (Å²) in [5, 5.41) is 12.7. The Balaban J connectivity index is 2.01. The lowest BCUT2D eigenvalue weighted by Gasteiger charge is -2.38. The van der Waals surface area contributed by atoms with Crippen LogP contribution < -0.4 is 5.32 Å². The summed E-state index contributed by atoms with van der Waals surface area (Å²) in [5.74, 6) is 0.700. The summed E-state index contributed by atoms with van der Waals surface area (Å²) in [5.41, 5.74) is 1.27. The zero-order valence-electron chi connectivity index (χ0n) is 13.3. The average Bonchev–Trinajstić information content (AvgIpc) is 2.52. The van der Waals surface area contributed by atoms with Crippen LogP contribution >= 0.6 is 0 Å². The van der Waals surface area contributed by atoms with Gasteiger partial charge >= 0.3 is 0 Å². The number of rotatable bonds is 6. The molecule has 1 saturated heterocycles. The van der Waals surface area contributed by atoms with Gasteiger partial charge in [-0.15, -0.1) is 0 Å². The summed E-state index contributed by atoms with van der Waals surface area (Å²) in [6, 6.07) is 13.6. The van der Waals surface area contributed by atoms with E-state index < -0.39 is 0 Å². The van der Waals surface area contributed by atoms with Crippen LogP contribution in [-0.4, -0.2) is 30.6 Å². The zero-order valence-corrected chi connectivity index (χ0v) is 13.3. The maximum Gasteiger partial charge on any atom is 0.0641 e. The highest BCUT2D eigenvalue weighted by Gasteiger charge is 2.26. The van der Waals surface area contributed by atoms with Crippen LogP contribution in [0.4, 0.5) is 0 Å². The zero-order chi connectivity index (χ0) is 15.1. The average molecular weight is 285 g/mol. The molecule has 1 N–H and O–H groups in total. The molecule has 2 unspecified atom stereocenters. The molecule has 0 aliphatic carbocycles. The van der Waals surface area contributed by atoms with Crippen molar-refractivity contribution in [3.8, 4) is 6.07 Å². The summed E-state index contributed by atoms with van der Waals surface area (Å²) < 4.78 is 0. The van der Waals surface area contributed by atoms with Gasteiger partial charge in [0.05, 0.1) is 12.5 Å². The largest absolute Gasteiger partial charge is 0.314 e. The number of nitrogens with zero attached hydrogens (tertiary/aromatic N) is 2. The van der Waals surface area contributed by atoms with Crippen molar-refractivity contribution in [2.45, 2.75) is 45.2 Å². The molecule has 0 amide bonds. The Hall–Kier alpha value is -1.37. The normalized spacial score (nSPS) is 21.1. The number of hydrogen-bond donors (Lipinski definition) is 1. The Bertz CT molecular complexity index is 449. The van der Waals surface area contributed by atoms with E-state index in [1.54, 1.807) is 0 Å². The molecule has 1 aliphatic rings. The lowest BCUT2D eigenvalue weighted by Crippen LogP contribution is -2.42. The first kappa shape index (κ1) is 16.0. The van der Waals surface area contributed by atoms with Crippen LogP contribution in [0.25, 0.3) is 0 Å². The van der Waals surface area contributed by atoms with Crippen molar-refractivity contribution in [1.29, 1.82) is 5.26 Å². The third-order valence-corrected chi connectivity index (χ3v) is 4.27. The second-order valence-corrected chi connectivity index (χ2v) is 6.35. The van der Waals surface area contributed by atoms with Crippen LogP contribution in [0, 0.1) is 17.2 Å². The molecule has 3 heteroatoms. The molecule has 1 aromatic carbocycles. The lowest BCUT2D eigenvalue weighted by molar-refractivity contribution is 0.122. The van der Waals surface area contributed by atoms with Gasteiger partial charge in [-0.25, -0.2) is 0 Å². The van der Waals surface area contributed by atoms with E-state index in [2.05, 4.69) is 54.4 Å². The van der Waals surface area contributed by atoms with Crippen molar-refractivity contribution in [2.75, 3.05) is 19.6 Å². The summed E-state index contributed by atoms with van der Waals surface area (Å²) in [6.45, 7) is 7.69. The molecule has 2 rings (SSSR count). The Morgan fingerprint density at radius 2 is 2.10 bits per heavy atom. The fourth-order valence-electron chi connectivity index (χ4n) is 3.17. The van der Waals surface area contributed by atoms with E-state index in [-0.39, 0.29) is 6.04 Å². The van der Waals surface area contributed by atoms with Crippen LogP contribution in [0.3, 0.4) is 0 Å². The number of likely N-dealkylation sites (tertiary alicyclic amines) is 1. The molecule has 0 radical (unpaired) electrons. The molecular weight excluding hydrogens is 258 g/mol. The quantitative estimate of drug-likeness (QED) is 0.871. The summed E-state index contributed by atoms with van der Waals surface area (Å²) >= 11 is 0. The van der Waals surface area contributed by atoms with E-state index in [0.717, 1.165) is 19.6 Å². The third-order valence-electron chi connectivity index (χ3n) is 4.27. The fraction of sp³-hybridized carbons (Fsp3) is 0.611. The van der Waals surface area contributed by atoms with Crippen LogP contribution in [0.5, 0.6) is 0 Å². The molecule has 0 spiro atoms. The smallest absolute Gasteiger partial charge is 0.0641 e. The van der Waals surface area contributed by atoms with E-state index in [9.17, 15) is 5.26 Å². The molecule has 0 saturated carbocycles. The highest BCUT2D eigenvalue weighted by atomic mass is 15.2. The molecular formula is C18H27N3. The highest BCUT2D eigenvalue weighted by Crippen LogP contribution is 2.29. The minimum absolute atomic E-state index is 0.248. The van der Waals surface area contributed by atoms with Gasteiger partial charge < -0.3 is 5.32 Å². The van der Waals surface area contributed by atoms with Gasteiger partial charge in [-0.3, -0.25) is 4.90 Å². The molecule has 3 nitrogen and oxygen atoms in total. The van der Waals surface area contributed by atoms with E-state index in [1.807, 2.05) is 6.07 Å². The molecule has 1 fully saturated rings. The van der Waals surface area contributed by atoms with Crippen molar-refractivity contribution in [1.82, 2.24) is 10.2 Å². The molecule has 114 valence electrons. The summed E-state index contributed by atoms with van der Waals surface area (Å²) in [7, 11) is 0. The van der Waals surface area contributed by atoms with Gasteiger partial charge in [-0.05, 0) is 37.4 Å². The van der Waals surface area contributed by atoms with Gasteiger partial charge in [0.1, 0.15) is 0 Å². The van der Waals surface area contributed by atoms with Crippen LogP contribution in [0.1, 0.15) is 44.7 Å². The van der Waals surface area contributed by atoms with Crippen LogP contribution in [0.2, 0.25) is 0 Å². The maximum absolute atomic E-state index is 9.18. The minimum atomic E-state index is 0.248. The minimum Gasteiger partial charge on any atom is -0.314 e. The fourth-order valence-corrected chi connectivity index (χ4v) is 3.17. The summed E-state index contributed by atoms with van der Waals surface area (Å²) in [4.78, 5) is 2.51. The number of nitriles is 1. The molecule has 0 aromatic heterocycles. The Morgan fingerprint density at radius 3 is 2.76 bits per heavy atom. The van der Waals surface area contributed by atoms with Gasteiger partial charge in [0.25, 0.3) is 0 Å². The van der Waals surface area contributed by atoms with Gasteiger partial charge in [-0.1, -0.05) is 44.2 Å². The predicted octanol–water partition coefficient (Wildman–Crippen LogP) is 3.35. The van der Waals surface area contributed by atoms with Crippen molar-refractivity contribution >= 4 is 0 Å².